The quantitative estimate of drug-likeness (QED) is 0.773. The number of halogens is 3. The number of anilines is 1. The fourth-order valence-electron chi connectivity index (χ4n) is 1.70. The lowest BCUT2D eigenvalue weighted by molar-refractivity contribution is -0.146. The second kappa shape index (κ2) is 5.33. The first-order valence-corrected chi connectivity index (χ1v) is 6.81. The molecule has 0 radical (unpaired) electrons. The summed E-state index contributed by atoms with van der Waals surface area (Å²) < 4.78 is 38.6. The van der Waals surface area contributed by atoms with E-state index in [1.165, 1.54) is 24.3 Å². The fraction of sp³-hybridized carbons (Fsp3) is 0.0833. The van der Waals surface area contributed by atoms with E-state index in [0.29, 0.717) is 27.1 Å². The van der Waals surface area contributed by atoms with Gasteiger partial charge in [-0.1, -0.05) is 11.3 Å². The highest BCUT2D eigenvalue weighted by atomic mass is 32.1. The molecule has 2 heterocycles. The summed E-state index contributed by atoms with van der Waals surface area (Å²) in [7, 11) is 0. The van der Waals surface area contributed by atoms with Crippen LogP contribution in [0.15, 0.2) is 24.3 Å². The van der Waals surface area contributed by atoms with Crippen LogP contribution in [-0.4, -0.2) is 25.7 Å². The summed E-state index contributed by atoms with van der Waals surface area (Å²) in [6.07, 6.45) is -4.71. The first kappa shape index (κ1) is 14.9. The van der Waals surface area contributed by atoms with E-state index in [-0.39, 0.29) is 9.97 Å². The Morgan fingerprint density at radius 1 is 1.26 bits per heavy atom. The monoisotopic (exact) mass is 338 g/mol. The molecule has 0 aliphatic rings. The van der Waals surface area contributed by atoms with Gasteiger partial charge in [-0.2, -0.15) is 22.9 Å². The molecule has 7 nitrogen and oxygen atoms in total. The Balaban J connectivity index is 1.86. The van der Waals surface area contributed by atoms with Crippen LogP contribution in [0.2, 0.25) is 0 Å². The van der Waals surface area contributed by atoms with E-state index < -0.39 is 17.9 Å². The van der Waals surface area contributed by atoms with Crippen LogP contribution >= 0.6 is 11.3 Å². The van der Waals surface area contributed by atoms with Gasteiger partial charge in [-0.15, -0.1) is 15.3 Å². The van der Waals surface area contributed by atoms with Gasteiger partial charge in [0.15, 0.2) is 0 Å². The Morgan fingerprint density at radius 3 is 2.57 bits per heavy atom. The Bertz CT molecular complexity index is 921. The third-order valence-corrected chi connectivity index (χ3v) is 3.61. The van der Waals surface area contributed by atoms with Gasteiger partial charge in [0.2, 0.25) is 9.97 Å². The Labute approximate surface area is 130 Å². The molecule has 0 saturated carbocycles. The van der Waals surface area contributed by atoms with Crippen LogP contribution in [-0.2, 0) is 6.18 Å². The van der Waals surface area contributed by atoms with Gasteiger partial charge in [0.1, 0.15) is 0 Å². The van der Waals surface area contributed by atoms with Crippen molar-refractivity contribution >= 4 is 27.9 Å². The number of carbonyl (C=O) groups excluding carboxylic acids is 1. The number of fused-ring (bicyclic) bond motifs is 1. The predicted molar refractivity (Wildman–Crippen MR) is 72.8 cm³/mol. The standard InChI is InChI=1S/C12H5F3N6OS/c13-12(14,15)10-18-19-11-21(10)20-9(23-11)8(22)17-7-3-1-6(5-16)2-4-7/h1-4H,(H,17,22). The minimum Gasteiger partial charge on any atom is -0.320 e. The number of carbonyl (C=O) groups is 1. The van der Waals surface area contributed by atoms with Crippen molar-refractivity contribution in [2.24, 2.45) is 0 Å². The number of amides is 1. The van der Waals surface area contributed by atoms with Gasteiger partial charge < -0.3 is 5.32 Å². The van der Waals surface area contributed by atoms with Crippen LogP contribution in [0.4, 0.5) is 18.9 Å². The molecular formula is C12H5F3N6OS. The zero-order valence-corrected chi connectivity index (χ0v) is 11.8. The van der Waals surface area contributed by atoms with Crippen molar-refractivity contribution in [1.29, 1.82) is 5.26 Å². The van der Waals surface area contributed by atoms with Gasteiger partial charge in [-0.3, -0.25) is 4.79 Å². The molecule has 0 bridgehead atoms. The maximum Gasteiger partial charge on any atom is 0.453 e. The molecule has 0 aliphatic carbocycles. The highest BCUT2D eigenvalue weighted by molar-refractivity contribution is 7.18. The van der Waals surface area contributed by atoms with Crippen molar-refractivity contribution in [2.75, 3.05) is 5.32 Å². The van der Waals surface area contributed by atoms with Crippen molar-refractivity contribution in [2.45, 2.75) is 6.18 Å². The minimum atomic E-state index is -4.71. The smallest absolute Gasteiger partial charge is 0.320 e. The highest BCUT2D eigenvalue weighted by Crippen LogP contribution is 2.29. The molecule has 0 fully saturated rings. The molecule has 1 N–H and O–H groups in total. The zero-order chi connectivity index (χ0) is 16.6. The van der Waals surface area contributed by atoms with Crippen molar-refractivity contribution in [3.8, 4) is 6.07 Å². The first-order valence-electron chi connectivity index (χ1n) is 5.99. The number of nitrogens with zero attached hydrogens (tertiary/aromatic N) is 5. The summed E-state index contributed by atoms with van der Waals surface area (Å²) in [5.41, 5.74) is 0.799. The number of hydrogen-bond donors (Lipinski definition) is 1. The van der Waals surface area contributed by atoms with E-state index >= 15 is 0 Å². The lowest BCUT2D eigenvalue weighted by atomic mass is 10.2. The molecule has 1 aromatic carbocycles. The summed E-state index contributed by atoms with van der Waals surface area (Å²) in [6.45, 7) is 0. The second-order valence-electron chi connectivity index (χ2n) is 4.27. The Kier molecular flexibility index (Phi) is 3.45. The Hall–Kier alpha value is -3.00. The number of aromatic nitrogens is 4. The normalized spacial score (nSPS) is 11.4. The average Bonchev–Trinajstić information content (AvgIpc) is 3.06. The molecule has 11 heteroatoms. The van der Waals surface area contributed by atoms with Gasteiger partial charge in [0.05, 0.1) is 11.6 Å². The van der Waals surface area contributed by atoms with Gasteiger partial charge in [0, 0.05) is 5.69 Å². The lowest BCUT2D eigenvalue weighted by Crippen LogP contribution is -2.14. The topological polar surface area (TPSA) is 96.0 Å². The summed E-state index contributed by atoms with van der Waals surface area (Å²) in [5, 5.41) is 20.9. The summed E-state index contributed by atoms with van der Waals surface area (Å²) in [5.74, 6) is -1.97. The lowest BCUT2D eigenvalue weighted by Gasteiger charge is -2.02. The Morgan fingerprint density at radius 2 is 1.96 bits per heavy atom. The largest absolute Gasteiger partial charge is 0.453 e. The summed E-state index contributed by atoms with van der Waals surface area (Å²) >= 11 is 0.683. The molecule has 2 aromatic heterocycles. The third kappa shape index (κ3) is 2.84. The fourth-order valence-corrected chi connectivity index (χ4v) is 2.43. The van der Waals surface area contributed by atoms with Gasteiger partial charge in [-0.05, 0) is 24.3 Å². The molecule has 23 heavy (non-hydrogen) atoms. The van der Waals surface area contributed by atoms with E-state index in [4.69, 9.17) is 5.26 Å². The van der Waals surface area contributed by atoms with Crippen molar-refractivity contribution in [3.63, 3.8) is 0 Å². The minimum absolute atomic E-state index is 0.137. The number of nitriles is 1. The molecule has 0 aliphatic heterocycles. The van der Waals surface area contributed by atoms with E-state index in [1.807, 2.05) is 6.07 Å². The zero-order valence-electron chi connectivity index (χ0n) is 11.0. The molecule has 0 spiro atoms. The van der Waals surface area contributed by atoms with E-state index in [1.54, 1.807) is 0 Å². The molecule has 116 valence electrons. The molecule has 0 unspecified atom stereocenters. The van der Waals surface area contributed by atoms with E-state index in [2.05, 4.69) is 20.6 Å². The van der Waals surface area contributed by atoms with E-state index in [9.17, 15) is 18.0 Å². The van der Waals surface area contributed by atoms with Crippen molar-refractivity contribution in [1.82, 2.24) is 19.8 Å². The van der Waals surface area contributed by atoms with Crippen LogP contribution in [0.5, 0.6) is 0 Å². The second-order valence-corrected chi connectivity index (χ2v) is 5.22. The molecule has 3 aromatic rings. The number of alkyl halides is 3. The number of nitrogens with one attached hydrogen (secondary N) is 1. The van der Waals surface area contributed by atoms with Gasteiger partial charge >= 0.3 is 6.18 Å². The van der Waals surface area contributed by atoms with Crippen LogP contribution < -0.4 is 5.32 Å². The number of rotatable bonds is 2. The predicted octanol–water partition coefficient (Wildman–Crippen LogP) is 2.33. The molecule has 1 amide bonds. The van der Waals surface area contributed by atoms with Gasteiger partial charge in [0.25, 0.3) is 11.7 Å². The SMILES string of the molecule is N#Cc1ccc(NC(=O)c2nn3c(C(F)(F)F)nnc3s2)cc1. The van der Waals surface area contributed by atoms with Crippen molar-refractivity contribution in [3.05, 3.63) is 40.7 Å². The molecule has 3 rings (SSSR count). The summed E-state index contributed by atoms with van der Waals surface area (Å²) in [6, 6.07) is 7.91. The molecule has 0 saturated heterocycles. The van der Waals surface area contributed by atoms with Gasteiger partial charge in [-0.25, -0.2) is 0 Å². The van der Waals surface area contributed by atoms with Crippen LogP contribution in [0, 0.1) is 11.3 Å². The average molecular weight is 338 g/mol. The highest BCUT2D eigenvalue weighted by Gasteiger charge is 2.38. The number of hydrogen-bond acceptors (Lipinski definition) is 6. The summed E-state index contributed by atoms with van der Waals surface area (Å²) in [4.78, 5) is 11.9. The third-order valence-electron chi connectivity index (χ3n) is 2.71. The number of benzene rings is 1. The molecular weight excluding hydrogens is 333 g/mol. The first-order chi connectivity index (χ1) is 10.9. The van der Waals surface area contributed by atoms with Crippen LogP contribution in [0.25, 0.3) is 4.96 Å². The van der Waals surface area contributed by atoms with Crippen molar-refractivity contribution < 1.29 is 18.0 Å². The van der Waals surface area contributed by atoms with Crippen LogP contribution in [0.3, 0.4) is 0 Å². The van der Waals surface area contributed by atoms with Crippen LogP contribution in [0.1, 0.15) is 21.2 Å². The maximum atomic E-state index is 12.7. The maximum absolute atomic E-state index is 12.7. The van der Waals surface area contributed by atoms with E-state index in [0.717, 1.165) is 0 Å². The molecule has 0 atom stereocenters.